The maximum Gasteiger partial charge on any atom is 0.432 e. The molecule has 11 heteroatoms. The number of halogens is 10. The summed E-state index contributed by atoms with van der Waals surface area (Å²) >= 11 is 0. The molecule has 0 amide bonds. The predicted octanol–water partition coefficient (Wildman–Crippen LogP) is 9.24. The Balaban J connectivity index is 1.52. The monoisotopic (exact) mass is 632 g/mol. The van der Waals surface area contributed by atoms with Crippen LogP contribution in [0.25, 0.3) is 0 Å². The number of ether oxygens (including phenoxy) is 1. The van der Waals surface area contributed by atoms with E-state index in [1.165, 1.54) is 0 Å². The van der Waals surface area contributed by atoms with Crippen LogP contribution in [0.2, 0.25) is 0 Å². The summed E-state index contributed by atoms with van der Waals surface area (Å²) in [5.74, 6) is -3.66. The summed E-state index contributed by atoms with van der Waals surface area (Å²) in [6.07, 6.45) is -0.415. The van der Waals surface area contributed by atoms with Crippen LogP contribution in [-0.4, -0.2) is 0 Å². The molecule has 0 aliphatic carbocycles. The van der Waals surface area contributed by atoms with Gasteiger partial charge in [0.1, 0.15) is 40.4 Å². The quantitative estimate of drug-likeness (QED) is 0.0892. The van der Waals surface area contributed by atoms with Crippen molar-refractivity contribution in [1.82, 2.24) is 0 Å². The van der Waals surface area contributed by atoms with Crippen LogP contribution in [0.4, 0.5) is 43.9 Å². The fourth-order valence-electron chi connectivity index (χ4n) is 3.99. The molecule has 4 rings (SSSR count). The molecule has 0 spiro atoms. The van der Waals surface area contributed by atoms with E-state index in [1.54, 1.807) is 19.1 Å². The number of rotatable bonds is 6. The second kappa shape index (κ2) is 13.6. The third kappa shape index (κ3) is 7.87. The molecule has 4 aromatic rings. The van der Waals surface area contributed by atoms with Crippen molar-refractivity contribution in [3.63, 3.8) is 0 Å². The minimum absolute atomic E-state index is 0.150. The zero-order valence-corrected chi connectivity index (χ0v) is 23.0. The lowest BCUT2D eigenvalue weighted by molar-refractivity contribution is -0.189. The lowest BCUT2D eigenvalue weighted by atomic mass is 10.0. The van der Waals surface area contributed by atoms with Crippen LogP contribution < -0.4 is 4.74 Å². The molecule has 1 nitrogen and oxygen atoms in total. The van der Waals surface area contributed by atoms with Crippen molar-refractivity contribution in [1.29, 1.82) is 0 Å². The van der Waals surface area contributed by atoms with E-state index in [1.807, 2.05) is 5.92 Å². The smallest absolute Gasteiger partial charge is 0.429 e. The van der Waals surface area contributed by atoms with Crippen molar-refractivity contribution in [2.75, 3.05) is 0 Å². The zero-order chi connectivity index (χ0) is 32.9. The Bertz CT molecular complexity index is 1850. The minimum Gasteiger partial charge on any atom is -0.429 e. The van der Waals surface area contributed by atoms with Crippen LogP contribution in [0.15, 0.2) is 66.7 Å². The molecule has 0 unspecified atom stereocenters. The van der Waals surface area contributed by atoms with Gasteiger partial charge in [-0.3, -0.25) is 0 Å². The molecule has 0 radical (unpaired) electrons. The third-order valence-corrected chi connectivity index (χ3v) is 6.11. The fraction of sp³-hybridized carbons (Fsp3) is 0.118. The van der Waals surface area contributed by atoms with Gasteiger partial charge in [-0.2, -0.15) is 8.78 Å². The van der Waals surface area contributed by atoms with Crippen LogP contribution in [0, 0.1) is 70.2 Å². The average Bonchev–Trinajstić information content (AvgIpc) is 2.94. The summed E-state index contributed by atoms with van der Waals surface area (Å²) in [5.41, 5.74) is -3.39. The van der Waals surface area contributed by atoms with Crippen LogP contribution in [0.5, 0.6) is 5.75 Å². The predicted molar refractivity (Wildman–Crippen MR) is 145 cm³/mol. The van der Waals surface area contributed by atoms with Crippen LogP contribution >= 0.6 is 0 Å². The van der Waals surface area contributed by atoms with Crippen molar-refractivity contribution in [2.24, 2.45) is 0 Å². The molecule has 0 aliphatic heterocycles. The molecule has 0 N–H and O–H groups in total. The van der Waals surface area contributed by atoms with E-state index in [0.717, 1.165) is 36.4 Å². The van der Waals surface area contributed by atoms with E-state index in [-0.39, 0.29) is 17.5 Å². The van der Waals surface area contributed by atoms with Gasteiger partial charge < -0.3 is 4.74 Å². The molecular weight excluding hydrogens is 614 g/mol. The summed E-state index contributed by atoms with van der Waals surface area (Å²) < 4.78 is 146. The number of aryl methyl sites for hydroxylation is 1. The lowest BCUT2D eigenvalue weighted by Crippen LogP contribution is -2.25. The normalized spacial score (nSPS) is 11.2. The molecule has 0 saturated carbocycles. The number of benzene rings is 4. The van der Waals surface area contributed by atoms with Crippen LogP contribution in [0.3, 0.4) is 0 Å². The highest BCUT2D eigenvalue weighted by Crippen LogP contribution is 2.36. The Morgan fingerprint density at radius 3 is 1.76 bits per heavy atom. The molecule has 230 valence electrons. The number of allylic oxidation sites excluding steroid dienone is 2. The van der Waals surface area contributed by atoms with Crippen molar-refractivity contribution >= 4 is 0 Å². The Morgan fingerprint density at radius 2 is 1.20 bits per heavy atom. The second-order valence-corrected chi connectivity index (χ2v) is 9.37. The largest absolute Gasteiger partial charge is 0.432 e. The maximum atomic E-state index is 14.7. The van der Waals surface area contributed by atoms with Gasteiger partial charge in [-0.25, -0.2) is 35.1 Å². The number of alkyl halides is 2. The first-order valence-corrected chi connectivity index (χ1v) is 12.9. The number of hydrogen-bond donors (Lipinski definition) is 0. The van der Waals surface area contributed by atoms with Crippen molar-refractivity contribution < 1.29 is 48.6 Å². The molecule has 45 heavy (non-hydrogen) atoms. The molecule has 0 saturated heterocycles. The highest BCUT2D eigenvalue weighted by atomic mass is 19.3. The van der Waals surface area contributed by atoms with Gasteiger partial charge in [0.25, 0.3) is 0 Å². The fourth-order valence-corrected chi connectivity index (χ4v) is 3.99. The molecule has 0 atom stereocenters. The summed E-state index contributed by atoms with van der Waals surface area (Å²) in [7, 11) is 0. The molecule has 0 aliphatic rings. The Labute approximate surface area is 250 Å². The summed E-state index contributed by atoms with van der Waals surface area (Å²) in [5, 5.41) is 0. The van der Waals surface area contributed by atoms with Crippen LogP contribution in [-0.2, 0) is 12.5 Å². The Hall–Kier alpha value is -5.16. The van der Waals surface area contributed by atoms with Gasteiger partial charge in [-0.1, -0.05) is 35.8 Å². The number of hydrogen-bond acceptors (Lipinski definition) is 1. The van der Waals surface area contributed by atoms with Gasteiger partial charge in [0, 0.05) is 17.2 Å². The summed E-state index contributed by atoms with van der Waals surface area (Å²) in [6.45, 7) is 1.75. The van der Waals surface area contributed by atoms with E-state index >= 15 is 0 Å². The SMILES string of the molecule is C/C=C/CCc1cc(F)c(C(F)(F)Oc2ccc(C#Cc3cc(F)c(C#Cc4cc(F)c(F)c(F)c4)c(F)c3)c(F)c2)c(F)c1. The maximum absolute atomic E-state index is 14.7. The van der Waals surface area contributed by atoms with Gasteiger partial charge in [0.15, 0.2) is 17.5 Å². The minimum atomic E-state index is -4.52. The van der Waals surface area contributed by atoms with Crippen LogP contribution in [0.1, 0.15) is 46.7 Å². The molecule has 0 aromatic heterocycles. The van der Waals surface area contributed by atoms with E-state index in [2.05, 4.69) is 22.5 Å². The first kappa shape index (κ1) is 32.7. The molecule has 0 bridgehead atoms. The lowest BCUT2D eigenvalue weighted by Gasteiger charge is -2.20. The molecule has 0 heterocycles. The van der Waals surface area contributed by atoms with Crippen molar-refractivity contribution in [3.8, 4) is 29.4 Å². The van der Waals surface area contributed by atoms with Gasteiger partial charge in [0.05, 0.1) is 11.1 Å². The summed E-state index contributed by atoms with van der Waals surface area (Å²) in [6, 6.07) is 6.30. The standard InChI is InChI=1S/C34H18F10O/c1-2-3-4-5-19-14-28(38)32(29(39)15-19)34(43,44)45-23-10-9-22(25(35)18-23)8-6-20-12-26(36)24(27(37)13-20)11-7-21-16-30(40)33(42)31(41)17-21/h2-3,9-10,12-18H,4-5H2,1H3/b3-2+. The molecule has 4 aromatic carbocycles. The Morgan fingerprint density at radius 1 is 0.644 bits per heavy atom. The van der Waals surface area contributed by atoms with Gasteiger partial charge in [-0.05, 0) is 73.9 Å². The van der Waals surface area contributed by atoms with E-state index in [0.29, 0.717) is 24.6 Å². The van der Waals surface area contributed by atoms with Gasteiger partial charge >= 0.3 is 6.11 Å². The highest BCUT2D eigenvalue weighted by Gasteiger charge is 2.41. The summed E-state index contributed by atoms with van der Waals surface area (Å²) in [4.78, 5) is 0. The van der Waals surface area contributed by atoms with E-state index in [9.17, 15) is 43.9 Å². The van der Waals surface area contributed by atoms with E-state index in [4.69, 9.17) is 0 Å². The third-order valence-electron chi connectivity index (χ3n) is 6.11. The zero-order valence-electron chi connectivity index (χ0n) is 23.0. The van der Waals surface area contributed by atoms with E-state index < -0.39 is 80.6 Å². The average molecular weight is 632 g/mol. The molecular formula is C34H18F10O. The van der Waals surface area contributed by atoms with Gasteiger partial charge in [-0.15, -0.1) is 0 Å². The highest BCUT2D eigenvalue weighted by molar-refractivity contribution is 5.50. The Kier molecular flexibility index (Phi) is 9.93. The first-order valence-electron chi connectivity index (χ1n) is 12.9. The molecule has 0 fully saturated rings. The topological polar surface area (TPSA) is 9.23 Å². The van der Waals surface area contributed by atoms with Crippen molar-refractivity contribution in [2.45, 2.75) is 25.9 Å². The first-order chi connectivity index (χ1) is 21.3. The second-order valence-electron chi connectivity index (χ2n) is 9.37. The van der Waals surface area contributed by atoms with Gasteiger partial charge in [0.2, 0.25) is 0 Å². The van der Waals surface area contributed by atoms with Crippen molar-refractivity contribution in [3.05, 3.63) is 147 Å².